The molecule has 28 heavy (non-hydrogen) atoms. The van der Waals surface area contributed by atoms with Crippen LogP contribution < -0.4 is 4.74 Å². The highest BCUT2D eigenvalue weighted by atomic mass is 16.5. The molecule has 1 aliphatic rings. The Morgan fingerprint density at radius 3 is 2.43 bits per heavy atom. The van der Waals surface area contributed by atoms with Crippen LogP contribution in [0.4, 0.5) is 0 Å². The van der Waals surface area contributed by atoms with Gasteiger partial charge in [-0.05, 0) is 48.3 Å². The normalized spacial score (nSPS) is 19.4. The van der Waals surface area contributed by atoms with Gasteiger partial charge in [-0.1, -0.05) is 54.6 Å². The molecule has 144 valence electrons. The molecule has 0 saturated carbocycles. The molecule has 0 heterocycles. The van der Waals surface area contributed by atoms with Crippen molar-refractivity contribution >= 4 is 17.8 Å². The van der Waals surface area contributed by atoms with Gasteiger partial charge in [0.2, 0.25) is 0 Å². The number of ketones is 1. The van der Waals surface area contributed by atoms with Crippen LogP contribution in [0.25, 0.3) is 6.08 Å². The molecule has 0 saturated heterocycles. The number of esters is 1. The van der Waals surface area contributed by atoms with Gasteiger partial charge in [0.05, 0.1) is 13.7 Å². The van der Waals surface area contributed by atoms with Crippen molar-refractivity contribution in [2.75, 3.05) is 13.7 Å². The fourth-order valence-electron chi connectivity index (χ4n) is 3.46. The Labute approximate surface area is 165 Å². The van der Waals surface area contributed by atoms with E-state index in [1.54, 1.807) is 20.1 Å². The summed E-state index contributed by atoms with van der Waals surface area (Å²) >= 11 is 0. The van der Waals surface area contributed by atoms with E-state index in [1.165, 1.54) is 0 Å². The first-order valence-corrected chi connectivity index (χ1v) is 9.40. The molecule has 0 N–H and O–H groups in total. The number of carbonyl (C=O) groups is 2. The second kappa shape index (κ2) is 9.18. The van der Waals surface area contributed by atoms with Gasteiger partial charge < -0.3 is 9.47 Å². The molecule has 0 fully saturated rings. The number of carbonyl (C=O) groups excluding carboxylic acids is 2. The summed E-state index contributed by atoms with van der Waals surface area (Å²) in [5, 5.41) is 0. The average Bonchev–Trinajstić information content (AvgIpc) is 2.73. The third-order valence-electron chi connectivity index (χ3n) is 4.87. The SMILES string of the molecule is CCOC(=O)C1C(=O)C=C(C=Cc2ccc(OC)cc2)CC1c1ccccc1. The van der Waals surface area contributed by atoms with E-state index in [0.717, 1.165) is 22.4 Å². The number of benzene rings is 2. The van der Waals surface area contributed by atoms with Crippen molar-refractivity contribution in [3.63, 3.8) is 0 Å². The minimum absolute atomic E-state index is 0.201. The zero-order valence-electron chi connectivity index (χ0n) is 16.1. The standard InChI is InChI=1S/C24H24O4/c1-3-28-24(26)23-21(19-7-5-4-6-8-19)15-18(16-22(23)25)10-9-17-11-13-20(27-2)14-12-17/h4-14,16,21,23H,3,15H2,1-2H3. The Morgan fingerprint density at radius 2 is 1.79 bits per heavy atom. The number of allylic oxidation sites excluding steroid dienone is 3. The maximum atomic E-state index is 12.8. The van der Waals surface area contributed by atoms with Gasteiger partial charge in [0.15, 0.2) is 5.78 Å². The zero-order valence-corrected chi connectivity index (χ0v) is 16.1. The van der Waals surface area contributed by atoms with Crippen molar-refractivity contribution in [1.29, 1.82) is 0 Å². The number of hydrogen-bond donors (Lipinski definition) is 0. The third-order valence-corrected chi connectivity index (χ3v) is 4.87. The van der Waals surface area contributed by atoms with Gasteiger partial charge in [0, 0.05) is 5.92 Å². The second-order valence-corrected chi connectivity index (χ2v) is 6.68. The van der Waals surface area contributed by atoms with Crippen molar-refractivity contribution in [3.8, 4) is 5.75 Å². The minimum atomic E-state index is -0.791. The Bertz CT molecular complexity index is 879. The highest BCUT2D eigenvalue weighted by molar-refractivity contribution is 6.07. The molecule has 1 aliphatic carbocycles. The minimum Gasteiger partial charge on any atom is -0.497 e. The summed E-state index contributed by atoms with van der Waals surface area (Å²) in [7, 11) is 1.63. The Balaban J connectivity index is 1.86. The van der Waals surface area contributed by atoms with Gasteiger partial charge in [-0.3, -0.25) is 9.59 Å². The van der Waals surface area contributed by atoms with Crippen LogP contribution in [0.1, 0.15) is 30.4 Å². The lowest BCUT2D eigenvalue weighted by atomic mass is 9.75. The molecule has 0 radical (unpaired) electrons. The smallest absolute Gasteiger partial charge is 0.317 e. The largest absolute Gasteiger partial charge is 0.497 e. The van der Waals surface area contributed by atoms with Crippen molar-refractivity contribution in [1.82, 2.24) is 0 Å². The van der Waals surface area contributed by atoms with Gasteiger partial charge in [0.25, 0.3) is 0 Å². The number of ether oxygens (including phenoxy) is 2. The Kier molecular flexibility index (Phi) is 6.43. The van der Waals surface area contributed by atoms with E-state index in [-0.39, 0.29) is 18.3 Å². The first-order valence-electron chi connectivity index (χ1n) is 9.40. The van der Waals surface area contributed by atoms with Gasteiger partial charge >= 0.3 is 5.97 Å². The van der Waals surface area contributed by atoms with Crippen molar-refractivity contribution in [2.24, 2.45) is 5.92 Å². The van der Waals surface area contributed by atoms with Crippen LogP contribution >= 0.6 is 0 Å². The van der Waals surface area contributed by atoms with Crippen LogP contribution in [0.15, 0.2) is 72.3 Å². The molecular formula is C24H24O4. The summed E-state index contributed by atoms with van der Waals surface area (Å²) in [4.78, 5) is 25.2. The molecule has 0 bridgehead atoms. The van der Waals surface area contributed by atoms with Crippen LogP contribution in [0.2, 0.25) is 0 Å². The maximum Gasteiger partial charge on any atom is 0.317 e. The molecule has 4 heteroatoms. The highest BCUT2D eigenvalue weighted by Crippen LogP contribution is 2.37. The predicted molar refractivity (Wildman–Crippen MR) is 109 cm³/mol. The van der Waals surface area contributed by atoms with Gasteiger partial charge in [-0.2, -0.15) is 0 Å². The maximum absolute atomic E-state index is 12.8. The fourth-order valence-corrected chi connectivity index (χ4v) is 3.46. The number of hydrogen-bond acceptors (Lipinski definition) is 4. The quantitative estimate of drug-likeness (QED) is 0.547. The lowest BCUT2D eigenvalue weighted by molar-refractivity contribution is -0.151. The first-order chi connectivity index (χ1) is 13.6. The Hall–Kier alpha value is -3.14. The van der Waals surface area contributed by atoms with E-state index in [1.807, 2.05) is 66.7 Å². The molecule has 2 aromatic carbocycles. The lowest BCUT2D eigenvalue weighted by Crippen LogP contribution is -2.34. The first kappa shape index (κ1) is 19.6. The van der Waals surface area contributed by atoms with E-state index in [0.29, 0.717) is 6.42 Å². The molecular weight excluding hydrogens is 352 g/mol. The number of rotatable bonds is 6. The van der Waals surface area contributed by atoms with E-state index in [4.69, 9.17) is 9.47 Å². The summed E-state index contributed by atoms with van der Waals surface area (Å²) in [5.74, 6) is -0.872. The molecule has 2 aromatic rings. The summed E-state index contributed by atoms with van der Waals surface area (Å²) in [6.45, 7) is 2.01. The second-order valence-electron chi connectivity index (χ2n) is 6.68. The van der Waals surface area contributed by atoms with Gasteiger partial charge in [0.1, 0.15) is 11.7 Å². The topological polar surface area (TPSA) is 52.6 Å². The number of methoxy groups -OCH3 is 1. The van der Waals surface area contributed by atoms with E-state index < -0.39 is 11.9 Å². The summed E-state index contributed by atoms with van der Waals surface area (Å²) in [6.07, 6.45) is 6.08. The van der Waals surface area contributed by atoms with E-state index >= 15 is 0 Å². The van der Waals surface area contributed by atoms with Crippen LogP contribution in [-0.4, -0.2) is 25.5 Å². The molecule has 0 spiro atoms. The fraction of sp³-hybridized carbons (Fsp3) is 0.250. The molecule has 0 amide bonds. The molecule has 4 nitrogen and oxygen atoms in total. The summed E-state index contributed by atoms with van der Waals surface area (Å²) in [5.41, 5.74) is 2.88. The predicted octanol–water partition coefficient (Wildman–Crippen LogP) is 4.57. The van der Waals surface area contributed by atoms with Crippen molar-refractivity contribution in [3.05, 3.63) is 83.4 Å². The van der Waals surface area contributed by atoms with Crippen LogP contribution in [0, 0.1) is 5.92 Å². The molecule has 0 aliphatic heterocycles. The molecule has 0 aromatic heterocycles. The molecule has 2 atom stereocenters. The third kappa shape index (κ3) is 4.58. The zero-order chi connectivity index (χ0) is 19.9. The van der Waals surface area contributed by atoms with Crippen molar-refractivity contribution in [2.45, 2.75) is 19.3 Å². The monoisotopic (exact) mass is 376 g/mol. The van der Waals surface area contributed by atoms with E-state index in [9.17, 15) is 9.59 Å². The van der Waals surface area contributed by atoms with E-state index in [2.05, 4.69) is 0 Å². The van der Waals surface area contributed by atoms with Gasteiger partial charge in [-0.25, -0.2) is 0 Å². The van der Waals surface area contributed by atoms with Gasteiger partial charge in [-0.15, -0.1) is 0 Å². The summed E-state index contributed by atoms with van der Waals surface area (Å²) < 4.78 is 10.3. The Morgan fingerprint density at radius 1 is 1.07 bits per heavy atom. The molecule has 3 rings (SSSR count). The van der Waals surface area contributed by atoms with Crippen LogP contribution in [-0.2, 0) is 14.3 Å². The van der Waals surface area contributed by atoms with Crippen LogP contribution in [0.5, 0.6) is 5.75 Å². The van der Waals surface area contributed by atoms with Crippen molar-refractivity contribution < 1.29 is 19.1 Å². The molecule has 2 unspecified atom stereocenters. The summed E-state index contributed by atoms with van der Waals surface area (Å²) in [6, 6.07) is 17.4. The lowest BCUT2D eigenvalue weighted by Gasteiger charge is -2.28. The average molecular weight is 376 g/mol. The highest BCUT2D eigenvalue weighted by Gasteiger charge is 2.38. The van der Waals surface area contributed by atoms with Crippen LogP contribution in [0.3, 0.4) is 0 Å².